The highest BCUT2D eigenvalue weighted by Crippen LogP contribution is 2.29. The maximum atomic E-state index is 11.9. The number of hydrogen-bond donors (Lipinski definition) is 2. The van der Waals surface area contributed by atoms with Gasteiger partial charge in [0.25, 0.3) is 0 Å². The molecule has 1 atom stereocenters. The largest absolute Gasteiger partial charge is 0.451 e. The van der Waals surface area contributed by atoms with Crippen LogP contribution in [-0.4, -0.2) is 29.9 Å². The van der Waals surface area contributed by atoms with Crippen LogP contribution < -0.4 is 10.7 Å². The lowest BCUT2D eigenvalue weighted by molar-refractivity contribution is 0.0456. The van der Waals surface area contributed by atoms with E-state index in [0.717, 1.165) is 31.2 Å². The highest BCUT2D eigenvalue weighted by molar-refractivity contribution is 5.94. The van der Waals surface area contributed by atoms with Crippen LogP contribution in [-0.2, 0) is 9.47 Å². The monoisotopic (exact) mass is 377 g/mol. The number of nitrogens with zero attached hydrogens (tertiary/aromatic N) is 1. The summed E-state index contributed by atoms with van der Waals surface area (Å²) >= 11 is 0. The molecule has 0 radical (unpaired) electrons. The lowest BCUT2D eigenvalue weighted by Gasteiger charge is -2.32. The van der Waals surface area contributed by atoms with Crippen molar-refractivity contribution >= 4 is 12.0 Å². The third-order valence-corrected chi connectivity index (χ3v) is 4.47. The maximum Gasteiger partial charge on any atom is 0.407 e. The van der Waals surface area contributed by atoms with Crippen molar-refractivity contribution in [2.24, 2.45) is 11.0 Å². The minimum absolute atomic E-state index is 0. The molecule has 1 amide bonds. The zero-order valence-corrected chi connectivity index (χ0v) is 17.1. The lowest BCUT2D eigenvalue weighted by Crippen LogP contribution is -2.43. The number of carbonyl (C=O) groups is 1. The Labute approximate surface area is 164 Å². The minimum Gasteiger partial charge on any atom is -0.451 e. The van der Waals surface area contributed by atoms with E-state index in [1.54, 1.807) is 0 Å². The van der Waals surface area contributed by atoms with Gasteiger partial charge in [0.1, 0.15) is 5.60 Å². The van der Waals surface area contributed by atoms with E-state index in [2.05, 4.69) is 15.8 Å². The van der Waals surface area contributed by atoms with Gasteiger partial charge in [0.15, 0.2) is 6.23 Å². The smallest absolute Gasteiger partial charge is 0.407 e. The van der Waals surface area contributed by atoms with Gasteiger partial charge in [-0.1, -0.05) is 32.0 Å². The van der Waals surface area contributed by atoms with Crippen LogP contribution in [0.25, 0.3) is 0 Å². The summed E-state index contributed by atoms with van der Waals surface area (Å²) in [6, 6.07) is 10.1. The predicted molar refractivity (Wildman–Crippen MR) is 110 cm³/mol. The van der Waals surface area contributed by atoms with Crippen molar-refractivity contribution in [1.29, 1.82) is 0 Å². The first-order valence-corrected chi connectivity index (χ1v) is 9.95. The van der Waals surface area contributed by atoms with Crippen molar-refractivity contribution < 1.29 is 15.7 Å². The summed E-state index contributed by atoms with van der Waals surface area (Å²) < 4.78 is 11.3. The van der Waals surface area contributed by atoms with Gasteiger partial charge in [-0.3, -0.25) is 5.43 Å². The number of carbonyl (C=O) groups excluding carboxylic acids is 1. The summed E-state index contributed by atoms with van der Waals surface area (Å²) in [5.41, 5.74) is 3.64. The van der Waals surface area contributed by atoms with Crippen LogP contribution in [0.15, 0.2) is 35.4 Å². The molecule has 2 aliphatic rings. The second-order valence-electron chi connectivity index (χ2n) is 7.71. The van der Waals surface area contributed by atoms with E-state index in [-0.39, 0.29) is 19.8 Å². The van der Waals surface area contributed by atoms with Gasteiger partial charge in [-0.2, -0.15) is 0 Å². The van der Waals surface area contributed by atoms with E-state index in [4.69, 9.17) is 9.47 Å². The first-order valence-electron chi connectivity index (χ1n) is 9.95. The van der Waals surface area contributed by atoms with E-state index in [0.29, 0.717) is 11.8 Å². The molecule has 1 aliphatic carbocycles. The fourth-order valence-corrected chi connectivity index (χ4v) is 3.25. The molecule has 152 valence electrons. The number of alkyl carbamates (subject to hydrolysis) is 1. The Kier molecular flexibility index (Phi) is 7.51. The lowest BCUT2D eigenvalue weighted by atomic mass is 9.85. The van der Waals surface area contributed by atoms with Crippen LogP contribution in [0.4, 0.5) is 4.79 Å². The molecule has 3 rings (SSSR count). The van der Waals surface area contributed by atoms with Crippen LogP contribution >= 0.6 is 0 Å². The number of benzene rings is 1. The number of ether oxygens (including phenoxy) is 2. The molecule has 27 heavy (non-hydrogen) atoms. The molecule has 1 fully saturated rings. The molecule has 0 bridgehead atoms. The maximum absolute atomic E-state index is 11.9. The average Bonchev–Trinajstić information content (AvgIpc) is 3.13. The summed E-state index contributed by atoms with van der Waals surface area (Å²) in [4.78, 5) is 11.9. The van der Waals surface area contributed by atoms with Gasteiger partial charge in [0.2, 0.25) is 5.90 Å². The molecule has 0 saturated heterocycles. The van der Waals surface area contributed by atoms with Crippen LogP contribution in [0, 0.1) is 5.92 Å². The summed E-state index contributed by atoms with van der Waals surface area (Å²) in [6.07, 6.45) is 3.39. The van der Waals surface area contributed by atoms with E-state index in [1.165, 1.54) is 0 Å². The second kappa shape index (κ2) is 9.62. The van der Waals surface area contributed by atoms with Gasteiger partial charge in [-0.25, -0.2) is 4.79 Å². The standard InChI is InChI=1S/C19H27N3O3.C2H6.H2/c1-19(2,3)25-18(23)20-15-11-9-14(10-12-15)17-22-21-16(24-17)13-7-5-4-6-8-13;1-2;/h4-8,14-15,17,22H,9-12H2,1-3H3,(H,20,23);1-2H3;1H. The van der Waals surface area contributed by atoms with E-state index < -0.39 is 5.60 Å². The first-order chi connectivity index (χ1) is 12.9. The summed E-state index contributed by atoms with van der Waals surface area (Å²) in [5.74, 6) is 1.04. The molecule has 1 unspecified atom stereocenters. The highest BCUT2D eigenvalue weighted by Gasteiger charge is 2.33. The normalized spacial score (nSPS) is 24.5. The van der Waals surface area contributed by atoms with Crippen molar-refractivity contribution in [1.82, 2.24) is 10.7 Å². The Bertz CT molecular complexity index is 624. The Morgan fingerprint density at radius 3 is 2.41 bits per heavy atom. The molecule has 0 spiro atoms. The van der Waals surface area contributed by atoms with Crippen molar-refractivity contribution in [3.8, 4) is 0 Å². The van der Waals surface area contributed by atoms with Crippen LogP contribution in [0.3, 0.4) is 0 Å². The van der Waals surface area contributed by atoms with Crippen LogP contribution in [0.5, 0.6) is 0 Å². The molecule has 1 saturated carbocycles. The summed E-state index contributed by atoms with van der Waals surface area (Å²) in [6.45, 7) is 9.62. The van der Waals surface area contributed by atoms with Crippen molar-refractivity contribution in [3.05, 3.63) is 35.9 Å². The molecule has 1 aromatic carbocycles. The van der Waals surface area contributed by atoms with Gasteiger partial charge in [0.05, 0.1) is 0 Å². The summed E-state index contributed by atoms with van der Waals surface area (Å²) in [7, 11) is 0. The fraction of sp³-hybridized carbons (Fsp3) is 0.619. The van der Waals surface area contributed by atoms with E-state index in [1.807, 2.05) is 65.0 Å². The summed E-state index contributed by atoms with van der Waals surface area (Å²) in [5, 5.41) is 7.30. The van der Waals surface area contributed by atoms with Gasteiger partial charge in [-0.15, -0.1) is 5.10 Å². The van der Waals surface area contributed by atoms with Gasteiger partial charge < -0.3 is 14.8 Å². The fourth-order valence-electron chi connectivity index (χ4n) is 3.25. The number of hydrogen-bond acceptors (Lipinski definition) is 5. The first kappa shape index (κ1) is 21.1. The highest BCUT2D eigenvalue weighted by atomic mass is 16.6. The Hall–Kier alpha value is -2.24. The topological polar surface area (TPSA) is 72.0 Å². The Morgan fingerprint density at radius 1 is 1.19 bits per heavy atom. The number of rotatable bonds is 3. The zero-order chi connectivity index (χ0) is 19.9. The van der Waals surface area contributed by atoms with Crippen molar-refractivity contribution in [2.45, 2.75) is 78.2 Å². The number of nitrogens with one attached hydrogen (secondary N) is 2. The molecule has 1 aromatic rings. The van der Waals surface area contributed by atoms with Crippen LogP contribution in [0.2, 0.25) is 0 Å². The van der Waals surface area contributed by atoms with Gasteiger partial charge >= 0.3 is 6.09 Å². The molecule has 2 N–H and O–H groups in total. The van der Waals surface area contributed by atoms with E-state index in [9.17, 15) is 4.79 Å². The quantitative estimate of drug-likeness (QED) is 0.804. The van der Waals surface area contributed by atoms with Crippen molar-refractivity contribution in [3.63, 3.8) is 0 Å². The van der Waals surface area contributed by atoms with Crippen molar-refractivity contribution in [2.75, 3.05) is 0 Å². The second-order valence-corrected chi connectivity index (χ2v) is 7.71. The van der Waals surface area contributed by atoms with Crippen LogP contribution in [0.1, 0.15) is 67.3 Å². The third kappa shape index (κ3) is 6.45. The minimum atomic E-state index is -0.464. The Balaban J connectivity index is 0.00000127. The average molecular weight is 378 g/mol. The zero-order valence-electron chi connectivity index (χ0n) is 17.1. The van der Waals surface area contributed by atoms with E-state index >= 15 is 0 Å². The molecule has 0 aromatic heterocycles. The molecule has 6 nitrogen and oxygen atoms in total. The van der Waals surface area contributed by atoms with Gasteiger partial charge in [0, 0.05) is 18.9 Å². The molecular weight excluding hydrogens is 342 g/mol. The Morgan fingerprint density at radius 2 is 1.81 bits per heavy atom. The molecule has 6 heteroatoms. The molecular formula is C21H35N3O3. The number of hydrazone groups is 1. The predicted octanol–water partition coefficient (Wildman–Crippen LogP) is 4.65. The number of amides is 1. The SMILES string of the molecule is CC.CC(C)(C)OC(=O)NC1CCC(C2NN=C(c3ccccc3)O2)CC1.[HH]. The molecule has 1 heterocycles. The molecule has 1 aliphatic heterocycles. The van der Waals surface area contributed by atoms with Gasteiger partial charge in [-0.05, 0) is 58.6 Å². The third-order valence-electron chi connectivity index (χ3n) is 4.47.